The van der Waals surface area contributed by atoms with E-state index in [9.17, 15) is 14.9 Å². The molecule has 3 aromatic rings. The van der Waals surface area contributed by atoms with Crippen LogP contribution >= 0.6 is 0 Å². The van der Waals surface area contributed by atoms with Crippen LogP contribution in [0.15, 0.2) is 54.9 Å². The standard InChI is InChI=1S/C22H19N5O2/c1-14-17(4-3-9-24-14)12-26-22(29)18-6-7-20(25-13-18)16-5-8-21(27-15(2)28)19(10-16)11-23/h3-10,13H,12H2,1-2H3,(H,26,29)(H,27,28). The van der Waals surface area contributed by atoms with Crippen LogP contribution < -0.4 is 10.6 Å². The molecule has 0 spiro atoms. The summed E-state index contributed by atoms with van der Waals surface area (Å²) in [4.78, 5) is 32.1. The van der Waals surface area contributed by atoms with Gasteiger partial charge in [-0.3, -0.25) is 19.6 Å². The number of amides is 2. The van der Waals surface area contributed by atoms with Crippen LogP contribution in [-0.2, 0) is 11.3 Å². The summed E-state index contributed by atoms with van der Waals surface area (Å²) in [5.41, 5.74) is 4.39. The van der Waals surface area contributed by atoms with Crippen molar-refractivity contribution in [2.24, 2.45) is 0 Å². The predicted molar refractivity (Wildman–Crippen MR) is 109 cm³/mol. The fourth-order valence-electron chi connectivity index (χ4n) is 2.78. The third-order valence-electron chi connectivity index (χ3n) is 4.33. The van der Waals surface area contributed by atoms with E-state index in [0.717, 1.165) is 11.3 Å². The zero-order valence-electron chi connectivity index (χ0n) is 16.1. The Labute approximate surface area is 168 Å². The highest BCUT2D eigenvalue weighted by Crippen LogP contribution is 2.24. The van der Waals surface area contributed by atoms with Gasteiger partial charge >= 0.3 is 0 Å². The number of nitriles is 1. The zero-order chi connectivity index (χ0) is 20.8. The van der Waals surface area contributed by atoms with Crippen LogP contribution in [0.1, 0.15) is 34.1 Å². The van der Waals surface area contributed by atoms with Crippen molar-refractivity contribution in [1.82, 2.24) is 15.3 Å². The molecule has 1 aromatic carbocycles. The molecule has 0 bridgehead atoms. The van der Waals surface area contributed by atoms with E-state index in [0.29, 0.717) is 34.6 Å². The second-order valence-electron chi connectivity index (χ2n) is 6.42. The molecule has 7 nitrogen and oxygen atoms in total. The lowest BCUT2D eigenvalue weighted by Crippen LogP contribution is -2.23. The number of hydrogen-bond donors (Lipinski definition) is 2. The largest absolute Gasteiger partial charge is 0.348 e. The second-order valence-corrected chi connectivity index (χ2v) is 6.42. The highest BCUT2D eigenvalue weighted by atomic mass is 16.2. The minimum atomic E-state index is -0.246. The quantitative estimate of drug-likeness (QED) is 0.701. The smallest absolute Gasteiger partial charge is 0.253 e. The molecule has 0 saturated heterocycles. The Morgan fingerprint density at radius 1 is 1.14 bits per heavy atom. The van der Waals surface area contributed by atoms with Gasteiger partial charge in [0.2, 0.25) is 5.91 Å². The summed E-state index contributed by atoms with van der Waals surface area (Å²) in [6.45, 7) is 3.66. The van der Waals surface area contributed by atoms with E-state index < -0.39 is 0 Å². The molecule has 0 fully saturated rings. The number of rotatable bonds is 5. The molecule has 2 N–H and O–H groups in total. The van der Waals surface area contributed by atoms with Gasteiger partial charge in [-0.1, -0.05) is 12.1 Å². The Morgan fingerprint density at radius 3 is 2.62 bits per heavy atom. The zero-order valence-corrected chi connectivity index (χ0v) is 16.1. The van der Waals surface area contributed by atoms with Crippen molar-refractivity contribution in [2.75, 3.05) is 5.32 Å². The summed E-state index contributed by atoms with van der Waals surface area (Å²) in [5, 5.41) is 14.8. The first-order valence-electron chi connectivity index (χ1n) is 8.95. The summed E-state index contributed by atoms with van der Waals surface area (Å²) in [6.07, 6.45) is 3.21. The number of anilines is 1. The van der Waals surface area contributed by atoms with Gasteiger partial charge in [-0.25, -0.2) is 0 Å². The van der Waals surface area contributed by atoms with E-state index in [1.165, 1.54) is 13.1 Å². The summed E-state index contributed by atoms with van der Waals surface area (Å²) in [6, 6.07) is 14.3. The fourth-order valence-corrected chi connectivity index (χ4v) is 2.78. The Hall–Kier alpha value is -4.05. The molecule has 29 heavy (non-hydrogen) atoms. The van der Waals surface area contributed by atoms with Gasteiger partial charge < -0.3 is 10.6 Å². The molecular weight excluding hydrogens is 366 g/mol. The van der Waals surface area contributed by atoms with Gasteiger partial charge in [0.15, 0.2) is 0 Å². The topological polar surface area (TPSA) is 108 Å². The highest BCUT2D eigenvalue weighted by molar-refractivity contribution is 5.94. The summed E-state index contributed by atoms with van der Waals surface area (Å²) in [5.74, 6) is -0.477. The highest BCUT2D eigenvalue weighted by Gasteiger charge is 2.10. The van der Waals surface area contributed by atoms with Crippen molar-refractivity contribution >= 4 is 17.5 Å². The maximum atomic E-state index is 12.4. The summed E-state index contributed by atoms with van der Waals surface area (Å²) >= 11 is 0. The van der Waals surface area contributed by atoms with Crippen LogP contribution in [0.25, 0.3) is 11.3 Å². The van der Waals surface area contributed by atoms with Gasteiger partial charge in [-0.15, -0.1) is 0 Å². The van der Waals surface area contributed by atoms with Crippen LogP contribution in [0.4, 0.5) is 5.69 Å². The van der Waals surface area contributed by atoms with Gasteiger partial charge in [0, 0.05) is 37.1 Å². The summed E-state index contributed by atoms with van der Waals surface area (Å²) < 4.78 is 0. The Morgan fingerprint density at radius 2 is 1.97 bits per heavy atom. The maximum absolute atomic E-state index is 12.4. The number of aryl methyl sites for hydroxylation is 1. The Kier molecular flexibility index (Phi) is 5.95. The average Bonchev–Trinajstić information content (AvgIpc) is 2.73. The number of benzene rings is 1. The third-order valence-corrected chi connectivity index (χ3v) is 4.33. The van der Waals surface area contributed by atoms with E-state index in [4.69, 9.17) is 0 Å². The molecule has 0 aliphatic heterocycles. The monoisotopic (exact) mass is 385 g/mol. The van der Waals surface area contributed by atoms with Crippen molar-refractivity contribution in [3.63, 3.8) is 0 Å². The van der Waals surface area contributed by atoms with Crippen molar-refractivity contribution in [3.05, 3.63) is 77.2 Å². The molecule has 2 heterocycles. The number of nitrogens with one attached hydrogen (secondary N) is 2. The molecule has 144 valence electrons. The number of nitrogens with zero attached hydrogens (tertiary/aromatic N) is 3. The number of pyridine rings is 2. The van der Waals surface area contributed by atoms with Crippen LogP contribution in [0, 0.1) is 18.3 Å². The molecule has 0 saturated carbocycles. The number of hydrogen-bond acceptors (Lipinski definition) is 5. The molecular formula is C22H19N5O2. The van der Waals surface area contributed by atoms with Crippen molar-refractivity contribution in [2.45, 2.75) is 20.4 Å². The molecule has 0 atom stereocenters. The van der Waals surface area contributed by atoms with Gasteiger partial charge in [0.1, 0.15) is 6.07 Å². The lowest BCUT2D eigenvalue weighted by molar-refractivity contribution is -0.114. The van der Waals surface area contributed by atoms with Gasteiger partial charge in [0.05, 0.1) is 22.5 Å². The minimum absolute atomic E-state index is 0.231. The van der Waals surface area contributed by atoms with E-state index in [1.807, 2.05) is 19.1 Å². The molecule has 0 unspecified atom stereocenters. The van der Waals surface area contributed by atoms with E-state index in [1.54, 1.807) is 36.5 Å². The molecule has 0 aliphatic carbocycles. The summed E-state index contributed by atoms with van der Waals surface area (Å²) in [7, 11) is 0. The normalized spacial score (nSPS) is 10.1. The Balaban J connectivity index is 1.73. The van der Waals surface area contributed by atoms with E-state index in [-0.39, 0.29) is 11.8 Å². The van der Waals surface area contributed by atoms with E-state index in [2.05, 4.69) is 26.7 Å². The van der Waals surface area contributed by atoms with E-state index >= 15 is 0 Å². The van der Waals surface area contributed by atoms with Crippen molar-refractivity contribution in [3.8, 4) is 17.3 Å². The molecule has 7 heteroatoms. The average molecular weight is 385 g/mol. The molecule has 0 radical (unpaired) electrons. The number of aromatic nitrogens is 2. The molecule has 0 aliphatic rings. The van der Waals surface area contributed by atoms with Gasteiger partial charge in [-0.2, -0.15) is 5.26 Å². The van der Waals surface area contributed by atoms with Crippen LogP contribution in [0.5, 0.6) is 0 Å². The fraction of sp³-hybridized carbons (Fsp3) is 0.136. The first kappa shape index (κ1) is 19.7. The van der Waals surface area contributed by atoms with Crippen LogP contribution in [0.3, 0.4) is 0 Å². The second kappa shape index (κ2) is 8.76. The predicted octanol–water partition coefficient (Wildman–Crippen LogP) is 3.21. The van der Waals surface area contributed by atoms with Gasteiger partial charge in [0.25, 0.3) is 5.91 Å². The van der Waals surface area contributed by atoms with Gasteiger partial charge in [-0.05, 0) is 42.8 Å². The molecule has 3 rings (SSSR count). The van der Waals surface area contributed by atoms with Crippen molar-refractivity contribution < 1.29 is 9.59 Å². The Bertz CT molecular complexity index is 1100. The van der Waals surface area contributed by atoms with Crippen molar-refractivity contribution in [1.29, 1.82) is 5.26 Å². The van der Waals surface area contributed by atoms with Crippen LogP contribution in [-0.4, -0.2) is 21.8 Å². The lowest BCUT2D eigenvalue weighted by atomic mass is 10.1. The molecule has 2 amide bonds. The lowest BCUT2D eigenvalue weighted by Gasteiger charge is -2.09. The molecule has 2 aromatic heterocycles. The number of carbonyl (C=O) groups excluding carboxylic acids is 2. The van der Waals surface area contributed by atoms with Crippen LogP contribution in [0.2, 0.25) is 0 Å². The third kappa shape index (κ3) is 4.82. The maximum Gasteiger partial charge on any atom is 0.253 e. The minimum Gasteiger partial charge on any atom is -0.348 e. The number of carbonyl (C=O) groups is 2. The first-order chi connectivity index (χ1) is 14.0. The SMILES string of the molecule is CC(=O)Nc1ccc(-c2ccc(C(=O)NCc3cccnc3C)cn2)cc1C#N. The first-order valence-corrected chi connectivity index (χ1v) is 8.95.